The molecular formula is C24H18FN. The molecule has 0 aliphatic heterocycles. The van der Waals surface area contributed by atoms with E-state index >= 15 is 0 Å². The molecule has 1 heterocycles. The van der Waals surface area contributed by atoms with Crippen molar-refractivity contribution in [3.05, 3.63) is 103 Å². The van der Waals surface area contributed by atoms with Crippen LogP contribution in [0.1, 0.15) is 5.56 Å². The minimum Gasteiger partial charge on any atom is -0.228 e. The molecule has 3 aromatic carbocycles. The Labute approximate surface area is 152 Å². The van der Waals surface area contributed by atoms with Gasteiger partial charge in [0.05, 0.1) is 0 Å². The fourth-order valence-electron chi connectivity index (χ4n) is 3.33. The lowest BCUT2D eigenvalue weighted by atomic mass is 9.86. The Kier molecular flexibility index (Phi) is 4.32. The van der Waals surface area contributed by atoms with Crippen molar-refractivity contribution in [2.24, 2.45) is 0 Å². The van der Waals surface area contributed by atoms with Crippen LogP contribution in [0.2, 0.25) is 0 Å². The standard InChI is InChI=1S/C24H18FN/c1-17-16-26-23(25)15-22(17)24-20(18-9-4-2-5-10-18)13-8-14-21(24)19-11-6-3-7-12-19/h2-16H,1H3. The third-order valence-corrected chi connectivity index (χ3v) is 4.57. The van der Waals surface area contributed by atoms with Gasteiger partial charge in [-0.2, -0.15) is 4.39 Å². The molecule has 1 aromatic heterocycles. The van der Waals surface area contributed by atoms with Gasteiger partial charge in [0.25, 0.3) is 0 Å². The van der Waals surface area contributed by atoms with E-state index in [1.165, 1.54) is 6.07 Å². The summed E-state index contributed by atoms with van der Waals surface area (Å²) >= 11 is 0. The largest absolute Gasteiger partial charge is 0.228 e. The predicted molar refractivity (Wildman–Crippen MR) is 105 cm³/mol. The normalized spacial score (nSPS) is 10.7. The summed E-state index contributed by atoms with van der Waals surface area (Å²) < 4.78 is 14.0. The minimum atomic E-state index is -0.465. The lowest BCUT2D eigenvalue weighted by Gasteiger charge is -2.17. The molecule has 1 nitrogen and oxygen atoms in total. The van der Waals surface area contributed by atoms with Crippen LogP contribution in [-0.2, 0) is 0 Å². The highest BCUT2D eigenvalue weighted by Crippen LogP contribution is 2.41. The Balaban J connectivity index is 2.07. The third kappa shape index (κ3) is 3.02. The number of halogens is 1. The molecule has 0 saturated heterocycles. The van der Waals surface area contributed by atoms with Gasteiger partial charge in [-0.3, -0.25) is 0 Å². The van der Waals surface area contributed by atoms with Gasteiger partial charge >= 0.3 is 0 Å². The van der Waals surface area contributed by atoms with Crippen molar-refractivity contribution in [1.29, 1.82) is 0 Å². The second kappa shape index (κ2) is 6.93. The molecule has 126 valence electrons. The van der Waals surface area contributed by atoms with Crippen LogP contribution in [0.3, 0.4) is 0 Å². The van der Waals surface area contributed by atoms with Gasteiger partial charge in [-0.1, -0.05) is 78.9 Å². The van der Waals surface area contributed by atoms with E-state index in [0.717, 1.165) is 38.9 Å². The maximum Gasteiger partial charge on any atom is 0.213 e. The first-order chi connectivity index (χ1) is 12.7. The lowest BCUT2D eigenvalue weighted by Crippen LogP contribution is -1.95. The molecule has 0 bridgehead atoms. The van der Waals surface area contributed by atoms with Gasteiger partial charge < -0.3 is 0 Å². The van der Waals surface area contributed by atoms with E-state index < -0.39 is 5.95 Å². The number of nitrogens with zero attached hydrogens (tertiary/aromatic N) is 1. The van der Waals surface area contributed by atoms with Crippen LogP contribution in [-0.4, -0.2) is 4.98 Å². The van der Waals surface area contributed by atoms with E-state index in [0.29, 0.717) is 0 Å². The van der Waals surface area contributed by atoms with E-state index in [4.69, 9.17) is 0 Å². The highest BCUT2D eigenvalue weighted by molar-refractivity contribution is 5.95. The summed E-state index contributed by atoms with van der Waals surface area (Å²) in [6, 6.07) is 28.2. The quantitative estimate of drug-likeness (QED) is 0.387. The van der Waals surface area contributed by atoms with E-state index in [9.17, 15) is 4.39 Å². The molecule has 4 rings (SSSR count). The Morgan fingerprint density at radius 3 is 1.73 bits per heavy atom. The number of hydrogen-bond acceptors (Lipinski definition) is 1. The molecular weight excluding hydrogens is 321 g/mol. The molecule has 4 aromatic rings. The summed E-state index contributed by atoms with van der Waals surface area (Å²) in [6.45, 7) is 1.97. The first-order valence-corrected chi connectivity index (χ1v) is 8.60. The molecule has 0 unspecified atom stereocenters. The van der Waals surface area contributed by atoms with Crippen LogP contribution in [0.15, 0.2) is 91.1 Å². The van der Waals surface area contributed by atoms with Crippen LogP contribution >= 0.6 is 0 Å². The monoisotopic (exact) mass is 339 g/mol. The second-order valence-electron chi connectivity index (χ2n) is 6.28. The van der Waals surface area contributed by atoms with Crippen molar-refractivity contribution < 1.29 is 4.39 Å². The molecule has 0 spiro atoms. The van der Waals surface area contributed by atoms with Crippen LogP contribution in [0.5, 0.6) is 0 Å². The summed E-state index contributed by atoms with van der Waals surface area (Å²) in [6.07, 6.45) is 1.60. The van der Waals surface area contributed by atoms with Crippen LogP contribution in [0, 0.1) is 12.9 Å². The van der Waals surface area contributed by atoms with Crippen molar-refractivity contribution in [2.45, 2.75) is 6.92 Å². The van der Waals surface area contributed by atoms with Crippen LogP contribution in [0.4, 0.5) is 4.39 Å². The van der Waals surface area contributed by atoms with E-state index in [1.54, 1.807) is 6.20 Å². The Morgan fingerprint density at radius 2 is 1.19 bits per heavy atom. The fourth-order valence-corrected chi connectivity index (χ4v) is 3.33. The number of aryl methyl sites for hydroxylation is 1. The molecule has 0 aliphatic carbocycles. The maximum atomic E-state index is 14.0. The van der Waals surface area contributed by atoms with Crippen molar-refractivity contribution >= 4 is 0 Å². The number of benzene rings is 3. The second-order valence-corrected chi connectivity index (χ2v) is 6.28. The molecule has 0 radical (unpaired) electrons. The average molecular weight is 339 g/mol. The molecule has 2 heteroatoms. The van der Waals surface area contributed by atoms with Crippen molar-refractivity contribution in [3.63, 3.8) is 0 Å². The maximum absolute atomic E-state index is 14.0. The number of aromatic nitrogens is 1. The summed E-state index contributed by atoms with van der Waals surface area (Å²) in [5.74, 6) is -0.465. The van der Waals surface area contributed by atoms with Crippen molar-refractivity contribution in [3.8, 4) is 33.4 Å². The summed E-state index contributed by atoms with van der Waals surface area (Å²) in [4.78, 5) is 3.80. The van der Waals surface area contributed by atoms with Gasteiger partial charge in [0.1, 0.15) is 0 Å². The zero-order valence-electron chi connectivity index (χ0n) is 14.5. The Bertz CT molecular complexity index is 983. The van der Waals surface area contributed by atoms with Crippen LogP contribution in [0.25, 0.3) is 33.4 Å². The van der Waals surface area contributed by atoms with Crippen LogP contribution < -0.4 is 0 Å². The summed E-state index contributed by atoms with van der Waals surface area (Å²) in [5.41, 5.74) is 7.24. The van der Waals surface area contributed by atoms with E-state index in [-0.39, 0.29) is 0 Å². The molecule has 0 fully saturated rings. The lowest BCUT2D eigenvalue weighted by molar-refractivity contribution is 0.583. The molecule has 26 heavy (non-hydrogen) atoms. The smallest absolute Gasteiger partial charge is 0.213 e. The highest BCUT2D eigenvalue weighted by atomic mass is 19.1. The van der Waals surface area contributed by atoms with E-state index in [1.807, 2.05) is 43.3 Å². The van der Waals surface area contributed by atoms with Gasteiger partial charge in [0, 0.05) is 12.3 Å². The molecule has 0 atom stereocenters. The number of pyridine rings is 1. The number of rotatable bonds is 3. The molecule has 0 saturated carbocycles. The first-order valence-electron chi connectivity index (χ1n) is 8.60. The van der Waals surface area contributed by atoms with Gasteiger partial charge in [-0.25, -0.2) is 4.98 Å². The number of hydrogen-bond donors (Lipinski definition) is 0. The Morgan fingerprint density at radius 1 is 0.654 bits per heavy atom. The Hall–Kier alpha value is -3.26. The van der Waals surface area contributed by atoms with Gasteiger partial charge in [0.15, 0.2) is 0 Å². The zero-order chi connectivity index (χ0) is 17.9. The summed E-state index contributed by atoms with van der Waals surface area (Å²) in [7, 11) is 0. The minimum absolute atomic E-state index is 0.465. The van der Waals surface area contributed by atoms with Crippen molar-refractivity contribution in [1.82, 2.24) is 4.98 Å². The first kappa shape index (κ1) is 16.2. The third-order valence-electron chi connectivity index (χ3n) is 4.57. The fraction of sp³-hybridized carbons (Fsp3) is 0.0417. The van der Waals surface area contributed by atoms with Gasteiger partial charge in [-0.05, 0) is 45.9 Å². The predicted octanol–water partition coefficient (Wildman–Crippen LogP) is 6.53. The topological polar surface area (TPSA) is 12.9 Å². The average Bonchev–Trinajstić information content (AvgIpc) is 2.70. The SMILES string of the molecule is Cc1cnc(F)cc1-c1c(-c2ccccc2)cccc1-c1ccccc1. The zero-order valence-corrected chi connectivity index (χ0v) is 14.5. The van der Waals surface area contributed by atoms with Crippen molar-refractivity contribution in [2.75, 3.05) is 0 Å². The molecule has 0 aliphatic rings. The van der Waals surface area contributed by atoms with Gasteiger partial charge in [0.2, 0.25) is 5.95 Å². The van der Waals surface area contributed by atoms with Gasteiger partial charge in [-0.15, -0.1) is 0 Å². The van der Waals surface area contributed by atoms with E-state index in [2.05, 4.69) is 47.4 Å². The highest BCUT2D eigenvalue weighted by Gasteiger charge is 2.16. The summed E-state index contributed by atoms with van der Waals surface area (Å²) in [5, 5.41) is 0. The molecule has 0 amide bonds. The molecule has 0 N–H and O–H groups in total.